The zero-order valence-corrected chi connectivity index (χ0v) is 47.7. The Morgan fingerprint density at radius 2 is 0.977 bits per heavy atom. The number of aromatic nitrogens is 2. The van der Waals surface area contributed by atoms with E-state index in [0.29, 0.717) is 29.8 Å². The molecular formula is C47H32N12O23S6. The molecule has 11 N–H and O–H groups in total. The normalized spacial score (nSPS) is 13.1. The smallest absolute Gasteiger partial charge is 0.297 e. The van der Waals surface area contributed by atoms with Gasteiger partial charge in [-0.05, 0) is 78.9 Å². The van der Waals surface area contributed by atoms with Crippen LogP contribution in [0.2, 0.25) is 0 Å². The van der Waals surface area contributed by atoms with Gasteiger partial charge in [0.05, 0.1) is 32.3 Å². The summed E-state index contributed by atoms with van der Waals surface area (Å²) in [6.45, 7) is 0. The van der Waals surface area contributed by atoms with Crippen LogP contribution in [-0.4, -0.2) is 108 Å². The third-order valence-corrected chi connectivity index (χ3v) is 17.5. The number of hydrogen-bond donors (Lipinski definition) is 10. The molecule has 0 saturated carbocycles. The third-order valence-electron chi connectivity index (χ3n) is 12.2. The second-order valence-corrected chi connectivity index (χ2v) is 26.1. The average molecular weight is 1330 g/mol. The first-order valence-electron chi connectivity index (χ1n) is 23.3. The third kappa shape index (κ3) is 12.6. The molecule has 454 valence electrons. The summed E-state index contributed by atoms with van der Waals surface area (Å²) in [6.07, 6.45) is 0. The van der Waals surface area contributed by atoms with Crippen LogP contribution in [0.4, 0.5) is 56.9 Å². The number of anilines is 1. The lowest BCUT2D eigenvalue weighted by Gasteiger charge is -2.13. The average Bonchev–Trinajstić information content (AvgIpc) is 3.74. The zero-order chi connectivity index (χ0) is 64.4. The Hall–Kier alpha value is -10.1. The second-order valence-electron chi connectivity index (χ2n) is 17.7. The number of non-ortho nitro benzene ring substituents is 1. The minimum atomic E-state index is -5.68. The summed E-state index contributed by atoms with van der Waals surface area (Å²) < 4.78 is 212. The van der Waals surface area contributed by atoms with Crippen LogP contribution in [0.1, 0.15) is 0 Å². The minimum absolute atomic E-state index is 0.0445. The fourth-order valence-electron chi connectivity index (χ4n) is 8.28. The summed E-state index contributed by atoms with van der Waals surface area (Å²) in [4.78, 5) is 3.75. The summed E-state index contributed by atoms with van der Waals surface area (Å²) in [5.74, 6) is -3.08. The van der Waals surface area contributed by atoms with Crippen LogP contribution in [0.3, 0.4) is 0 Å². The molecule has 0 amide bonds. The van der Waals surface area contributed by atoms with Crippen LogP contribution in [0.25, 0.3) is 38.5 Å². The Kier molecular flexibility index (Phi) is 16.1. The van der Waals surface area contributed by atoms with Gasteiger partial charge in [0, 0.05) is 33.9 Å². The first kappa shape index (κ1) is 62.5. The molecule has 0 aliphatic rings. The van der Waals surface area contributed by atoms with Gasteiger partial charge in [0.25, 0.3) is 66.4 Å². The molecule has 88 heavy (non-hydrogen) atoms. The molecule has 9 rings (SSSR count). The van der Waals surface area contributed by atoms with E-state index in [1.165, 1.54) is 12.1 Å². The summed E-state index contributed by atoms with van der Waals surface area (Å²) in [5, 5.41) is 76.9. The van der Waals surface area contributed by atoms with Crippen LogP contribution >= 0.6 is 0 Å². The van der Waals surface area contributed by atoms with Crippen molar-refractivity contribution in [3.05, 3.63) is 138 Å². The number of hydrogen-bond acceptors (Lipinski definition) is 27. The Labute approximate surface area is 492 Å². The van der Waals surface area contributed by atoms with E-state index in [9.17, 15) is 103 Å². The van der Waals surface area contributed by atoms with Crippen LogP contribution in [0.15, 0.2) is 198 Å². The maximum Gasteiger partial charge on any atom is 0.297 e. The van der Waals surface area contributed by atoms with E-state index in [-0.39, 0.29) is 11.4 Å². The molecule has 1 heterocycles. The van der Waals surface area contributed by atoms with Crippen LogP contribution in [0, 0.1) is 10.1 Å². The van der Waals surface area contributed by atoms with E-state index in [4.69, 9.17) is 5.73 Å². The number of nitrogen functional groups attached to an aromatic ring is 1. The highest BCUT2D eigenvalue weighted by molar-refractivity contribution is 7.87. The second kappa shape index (κ2) is 22.7. The number of benzene rings is 8. The number of aromatic hydroxyl groups is 3. The van der Waals surface area contributed by atoms with Crippen molar-refractivity contribution in [3.8, 4) is 34.3 Å². The molecule has 41 heteroatoms. The highest BCUT2D eigenvalue weighted by Gasteiger charge is 2.30. The molecule has 0 unspecified atom stereocenters. The van der Waals surface area contributed by atoms with Gasteiger partial charge in [-0.25, -0.2) is 0 Å². The number of nitro groups is 1. The number of fused-ring (bicyclic) bond motifs is 2. The molecule has 8 aromatic carbocycles. The largest absolute Gasteiger partial charge is 0.505 e. The number of phenols is 2. The molecule has 0 atom stereocenters. The highest BCUT2D eigenvalue weighted by Crippen LogP contribution is 2.49. The van der Waals surface area contributed by atoms with E-state index < -0.39 is 191 Å². The maximum absolute atomic E-state index is 13.1. The van der Waals surface area contributed by atoms with Gasteiger partial charge >= 0.3 is 0 Å². The summed E-state index contributed by atoms with van der Waals surface area (Å²) in [5.41, 5.74) is -0.780. The van der Waals surface area contributed by atoms with Crippen molar-refractivity contribution in [1.82, 2.24) is 9.78 Å². The molecule has 1 aromatic heterocycles. The summed E-state index contributed by atoms with van der Waals surface area (Å²) >= 11 is 0. The van der Waals surface area contributed by atoms with Gasteiger partial charge in [0.15, 0.2) is 17.2 Å². The molecule has 0 radical (unpaired) electrons. The van der Waals surface area contributed by atoms with Crippen molar-refractivity contribution in [1.29, 1.82) is 0 Å². The number of rotatable bonds is 17. The number of azo groups is 4. The first-order valence-corrected chi connectivity index (χ1v) is 31.9. The Morgan fingerprint density at radius 3 is 1.57 bits per heavy atom. The molecule has 0 saturated heterocycles. The molecule has 0 bridgehead atoms. The van der Waals surface area contributed by atoms with Crippen molar-refractivity contribution in [2.24, 2.45) is 40.9 Å². The molecule has 0 aliphatic carbocycles. The van der Waals surface area contributed by atoms with E-state index in [1.807, 2.05) is 0 Å². The Balaban J connectivity index is 1.10. The van der Waals surface area contributed by atoms with Crippen molar-refractivity contribution >= 4 is 139 Å². The fourth-order valence-corrected chi connectivity index (χ4v) is 12.2. The quantitative estimate of drug-likeness (QED) is 0.0133. The number of nitro benzene ring substituents is 1. The van der Waals surface area contributed by atoms with Gasteiger partial charge in [-0.15, -0.1) is 35.8 Å². The van der Waals surface area contributed by atoms with Gasteiger partial charge < -0.3 is 21.1 Å². The maximum atomic E-state index is 13.1. The number of phenolic OH excluding ortho intramolecular Hbond substituents is 2. The first-order chi connectivity index (χ1) is 40.9. The molecule has 0 fully saturated rings. The van der Waals surface area contributed by atoms with Crippen LogP contribution in [0.5, 0.6) is 17.4 Å². The van der Waals surface area contributed by atoms with Crippen molar-refractivity contribution in [2.45, 2.75) is 29.4 Å². The topological polar surface area (TPSA) is 573 Å². The van der Waals surface area contributed by atoms with Gasteiger partial charge in [-0.1, -0.05) is 36.4 Å². The van der Waals surface area contributed by atoms with E-state index in [1.54, 1.807) is 30.3 Å². The predicted molar refractivity (Wildman–Crippen MR) is 301 cm³/mol. The van der Waals surface area contributed by atoms with E-state index in [0.717, 1.165) is 65.3 Å². The van der Waals surface area contributed by atoms with E-state index in [2.05, 4.69) is 46.0 Å². The lowest BCUT2D eigenvalue weighted by atomic mass is 10.1. The molecule has 35 nitrogen and oxygen atoms in total. The number of nitrogens with zero attached hydrogens (tertiary/aromatic N) is 11. The van der Waals surface area contributed by atoms with Crippen LogP contribution < -0.4 is 5.73 Å². The molecule has 0 spiro atoms. The van der Waals surface area contributed by atoms with Gasteiger partial charge in [0.2, 0.25) is 5.88 Å². The zero-order valence-electron chi connectivity index (χ0n) is 42.8. The fraction of sp³-hybridized carbons (Fsp3) is 0. The lowest BCUT2D eigenvalue weighted by molar-refractivity contribution is -0.385. The van der Waals surface area contributed by atoms with E-state index >= 15 is 0 Å². The Bertz CT molecular complexity index is 5340. The SMILES string of the molecule is Nc1c(N=Nc2ccc3c(O)c(N=Nc4ccc(N=Nc5c(-c6ccccc6)nn(-c6ccc(S(=O)(=O)O)cc6)c5O)c(S(=O)(=O)O)c4)c(S(=O)(=O)O)cc3c2S(=O)(=O)O)cc(S(=O)(=O)O)c2ccc(N=Nc3ccc([N+](=O)[O-])cc3S(=O)(=O)O)c(O)c12. The minimum Gasteiger partial charge on any atom is -0.505 e. The van der Waals surface area contributed by atoms with Gasteiger partial charge in [-0.3, -0.25) is 37.4 Å². The van der Waals surface area contributed by atoms with Gasteiger partial charge in [-0.2, -0.15) is 65.4 Å². The standard InChI is InChI=1S/C47H32N12O23S6/c48-40-34(21-35(84(68,69)70)28-13-16-32(45(61)39(28)40)52-50-31-15-9-25(59(63)64)19-37(31)86(74,75)76)54-53-33-17-12-27-29(46(33)88(80,81)82)20-38(87(77,78)79)42(44(27)60)55-49-23-6-14-30(36(18-23)85(71,72)73)51-56-43-41(22-4-2-1-3-5-22)57-58(47(43)62)24-7-10-26(11-8-24)83(65,66)67/h1-21,60-62H,48H2,(H,65,66,67)(H,68,69,70)(H,71,72,73)(H,74,75,76)(H,77,78,79)(H,80,81,82). The Morgan fingerprint density at radius 1 is 0.455 bits per heavy atom. The predicted octanol–water partition coefficient (Wildman–Crippen LogP) is 9.59. The molecule has 0 aliphatic heterocycles. The molecule has 9 aromatic rings. The van der Waals surface area contributed by atoms with Crippen molar-refractivity contribution < 1.29 is 98.1 Å². The highest BCUT2D eigenvalue weighted by atomic mass is 32.2. The molecular weight excluding hydrogens is 1290 g/mol. The monoisotopic (exact) mass is 1320 g/mol. The summed E-state index contributed by atoms with van der Waals surface area (Å²) in [7, 11) is -31.8. The van der Waals surface area contributed by atoms with Crippen LogP contribution in [-0.2, 0) is 60.7 Å². The van der Waals surface area contributed by atoms with Crippen molar-refractivity contribution in [2.75, 3.05) is 5.73 Å². The lowest BCUT2D eigenvalue weighted by Crippen LogP contribution is -2.03. The van der Waals surface area contributed by atoms with Crippen molar-refractivity contribution in [3.63, 3.8) is 0 Å². The van der Waals surface area contributed by atoms with Gasteiger partial charge in [0.1, 0.15) is 64.3 Å². The summed E-state index contributed by atoms with van der Waals surface area (Å²) in [6, 6.07) is 21.0. The number of nitrogens with two attached hydrogens (primary N) is 1.